The molecule has 0 saturated carbocycles. The van der Waals surface area contributed by atoms with Gasteiger partial charge in [-0.1, -0.05) is 0 Å². The van der Waals surface area contributed by atoms with Crippen molar-refractivity contribution in [3.63, 3.8) is 0 Å². The summed E-state index contributed by atoms with van der Waals surface area (Å²) in [6.07, 6.45) is 8.62. The second-order valence-corrected chi connectivity index (χ2v) is 5.75. The number of hydrogen-bond donors (Lipinski definition) is 1. The number of nitrogens with zero attached hydrogens (tertiary/aromatic N) is 3. The van der Waals surface area contributed by atoms with Crippen LogP contribution in [-0.4, -0.2) is 28.0 Å². The topological polar surface area (TPSA) is 61.9 Å². The van der Waals surface area contributed by atoms with Crippen LogP contribution in [-0.2, 0) is 12.8 Å². The Hall–Kier alpha value is -1.91. The van der Waals surface area contributed by atoms with Gasteiger partial charge in [0.15, 0.2) is 5.65 Å². The molecule has 1 saturated heterocycles. The summed E-state index contributed by atoms with van der Waals surface area (Å²) in [5.74, 6) is 0.688. The third kappa shape index (κ3) is 1.80. The molecule has 0 aromatic carbocycles. The lowest BCUT2D eigenvalue weighted by molar-refractivity contribution is 0.568. The minimum atomic E-state index is -0.0261. The fraction of sp³-hybridized carbons (Fsp3) is 0.533. The lowest BCUT2D eigenvalue weighted by Crippen LogP contribution is -2.32. The van der Waals surface area contributed by atoms with Gasteiger partial charge in [0.2, 0.25) is 5.95 Å². The number of aromatic amines is 1. The van der Waals surface area contributed by atoms with Gasteiger partial charge in [0.25, 0.3) is 5.56 Å². The van der Waals surface area contributed by atoms with E-state index in [0.29, 0.717) is 17.0 Å². The lowest BCUT2D eigenvalue weighted by atomic mass is 10.1. The van der Waals surface area contributed by atoms with Crippen LogP contribution in [0.25, 0.3) is 11.0 Å². The van der Waals surface area contributed by atoms with Crippen LogP contribution in [0.4, 0.5) is 5.95 Å². The summed E-state index contributed by atoms with van der Waals surface area (Å²) in [6.45, 7) is 1.94. The van der Waals surface area contributed by atoms with E-state index in [2.05, 4.69) is 19.9 Å². The van der Waals surface area contributed by atoms with Crippen LogP contribution >= 0.6 is 0 Å². The van der Waals surface area contributed by atoms with E-state index in [-0.39, 0.29) is 5.56 Å². The monoisotopic (exact) mass is 270 g/mol. The average molecular weight is 270 g/mol. The maximum Gasteiger partial charge on any atom is 0.262 e. The Labute approximate surface area is 117 Å². The predicted molar refractivity (Wildman–Crippen MR) is 78.2 cm³/mol. The maximum atomic E-state index is 12.4. The van der Waals surface area contributed by atoms with Crippen molar-refractivity contribution >= 4 is 17.0 Å². The van der Waals surface area contributed by atoms with Gasteiger partial charge in [-0.25, -0.2) is 4.98 Å². The molecule has 0 radical (unpaired) electrons. The highest BCUT2D eigenvalue weighted by Gasteiger charge is 2.20. The number of H-pyrrole nitrogens is 1. The molecule has 0 bridgehead atoms. The van der Waals surface area contributed by atoms with Crippen molar-refractivity contribution in [2.75, 3.05) is 18.0 Å². The number of pyridine rings is 1. The highest BCUT2D eigenvalue weighted by molar-refractivity contribution is 5.80. The molecular formula is C15H18N4O. The fourth-order valence-electron chi connectivity index (χ4n) is 3.40. The van der Waals surface area contributed by atoms with E-state index in [1.807, 2.05) is 6.20 Å². The van der Waals surface area contributed by atoms with Crippen molar-refractivity contribution in [1.82, 2.24) is 15.0 Å². The zero-order valence-electron chi connectivity index (χ0n) is 11.5. The van der Waals surface area contributed by atoms with Gasteiger partial charge in [0.05, 0.1) is 5.39 Å². The van der Waals surface area contributed by atoms with E-state index < -0.39 is 0 Å². The first kappa shape index (κ1) is 11.9. The molecule has 0 amide bonds. The largest absolute Gasteiger partial charge is 0.342 e. The molecule has 1 fully saturated rings. The quantitative estimate of drug-likeness (QED) is 0.858. The van der Waals surface area contributed by atoms with Gasteiger partial charge in [-0.05, 0) is 49.7 Å². The van der Waals surface area contributed by atoms with Gasteiger partial charge in [-0.3, -0.25) is 9.78 Å². The van der Waals surface area contributed by atoms with Gasteiger partial charge in [-0.2, -0.15) is 4.98 Å². The zero-order valence-corrected chi connectivity index (χ0v) is 11.5. The molecule has 4 rings (SSSR count). The Bertz CT molecular complexity index is 716. The average Bonchev–Trinajstić information content (AvgIpc) is 2.96. The Morgan fingerprint density at radius 3 is 2.80 bits per heavy atom. The molecule has 104 valence electrons. The summed E-state index contributed by atoms with van der Waals surface area (Å²) in [4.78, 5) is 26.6. The van der Waals surface area contributed by atoms with Gasteiger partial charge >= 0.3 is 0 Å². The molecule has 1 N–H and O–H groups in total. The van der Waals surface area contributed by atoms with Crippen molar-refractivity contribution in [3.05, 3.63) is 27.7 Å². The SMILES string of the molecule is O=c1[nH]c(N2CCCCC2)nc2ncc3c(c12)CCC3. The van der Waals surface area contributed by atoms with Crippen molar-refractivity contribution in [1.29, 1.82) is 0 Å². The first-order valence-electron chi connectivity index (χ1n) is 7.48. The Balaban J connectivity index is 1.87. The molecule has 1 aliphatic carbocycles. The van der Waals surface area contributed by atoms with E-state index in [9.17, 15) is 4.79 Å². The minimum absolute atomic E-state index is 0.0261. The number of fused-ring (bicyclic) bond motifs is 3. The number of piperidine rings is 1. The van der Waals surface area contributed by atoms with Crippen LogP contribution in [0, 0.1) is 0 Å². The predicted octanol–water partition coefficient (Wildman–Crippen LogP) is 1.80. The molecule has 0 atom stereocenters. The van der Waals surface area contributed by atoms with E-state index in [1.165, 1.54) is 24.8 Å². The highest BCUT2D eigenvalue weighted by atomic mass is 16.1. The number of nitrogens with one attached hydrogen (secondary N) is 1. The maximum absolute atomic E-state index is 12.4. The van der Waals surface area contributed by atoms with Crippen molar-refractivity contribution < 1.29 is 0 Å². The lowest BCUT2D eigenvalue weighted by Gasteiger charge is -2.27. The van der Waals surface area contributed by atoms with Crippen LogP contribution in [0.3, 0.4) is 0 Å². The van der Waals surface area contributed by atoms with Crippen LogP contribution in [0.1, 0.15) is 36.8 Å². The first-order valence-corrected chi connectivity index (χ1v) is 7.48. The van der Waals surface area contributed by atoms with Gasteiger partial charge in [0.1, 0.15) is 0 Å². The normalized spacial score (nSPS) is 18.5. The molecule has 3 heterocycles. The summed E-state index contributed by atoms with van der Waals surface area (Å²) in [6, 6.07) is 0. The van der Waals surface area contributed by atoms with Crippen LogP contribution < -0.4 is 10.5 Å². The molecule has 1 aliphatic heterocycles. The van der Waals surface area contributed by atoms with Crippen molar-refractivity contribution in [2.45, 2.75) is 38.5 Å². The number of aromatic nitrogens is 3. The van der Waals surface area contributed by atoms with Gasteiger partial charge < -0.3 is 4.90 Å². The van der Waals surface area contributed by atoms with Crippen molar-refractivity contribution in [3.8, 4) is 0 Å². The molecule has 0 spiro atoms. The highest BCUT2D eigenvalue weighted by Crippen LogP contribution is 2.26. The third-order valence-corrected chi connectivity index (χ3v) is 4.45. The van der Waals surface area contributed by atoms with E-state index in [4.69, 9.17) is 0 Å². The Kier molecular flexibility index (Phi) is 2.72. The Morgan fingerprint density at radius 2 is 1.95 bits per heavy atom. The molecular weight excluding hydrogens is 252 g/mol. The van der Waals surface area contributed by atoms with Gasteiger partial charge in [-0.15, -0.1) is 0 Å². The van der Waals surface area contributed by atoms with Crippen LogP contribution in [0.2, 0.25) is 0 Å². The second kappa shape index (κ2) is 4.58. The smallest absolute Gasteiger partial charge is 0.262 e. The van der Waals surface area contributed by atoms with Crippen molar-refractivity contribution in [2.24, 2.45) is 0 Å². The molecule has 2 aromatic rings. The summed E-state index contributed by atoms with van der Waals surface area (Å²) in [5.41, 5.74) is 2.96. The Morgan fingerprint density at radius 1 is 1.10 bits per heavy atom. The first-order chi connectivity index (χ1) is 9.83. The number of hydrogen-bond acceptors (Lipinski definition) is 4. The zero-order chi connectivity index (χ0) is 13.5. The third-order valence-electron chi connectivity index (χ3n) is 4.45. The fourth-order valence-corrected chi connectivity index (χ4v) is 3.40. The number of rotatable bonds is 1. The molecule has 5 heteroatoms. The molecule has 5 nitrogen and oxygen atoms in total. The molecule has 2 aliphatic rings. The molecule has 0 unspecified atom stereocenters. The minimum Gasteiger partial charge on any atom is -0.342 e. The second-order valence-electron chi connectivity index (χ2n) is 5.75. The number of aryl methyl sites for hydroxylation is 2. The molecule has 2 aromatic heterocycles. The standard InChI is InChI=1S/C15H18N4O/c20-14-12-11-6-4-5-10(11)9-16-13(12)17-15(18-14)19-7-2-1-3-8-19/h9H,1-8H2,(H,16,17,18,20). The van der Waals surface area contributed by atoms with E-state index in [1.54, 1.807) is 0 Å². The van der Waals surface area contributed by atoms with Crippen LogP contribution in [0.15, 0.2) is 11.0 Å². The van der Waals surface area contributed by atoms with Crippen LogP contribution in [0.5, 0.6) is 0 Å². The molecule has 20 heavy (non-hydrogen) atoms. The summed E-state index contributed by atoms with van der Waals surface area (Å²) in [7, 11) is 0. The summed E-state index contributed by atoms with van der Waals surface area (Å²) < 4.78 is 0. The van der Waals surface area contributed by atoms with E-state index >= 15 is 0 Å². The van der Waals surface area contributed by atoms with E-state index in [0.717, 1.165) is 37.9 Å². The summed E-state index contributed by atoms with van der Waals surface area (Å²) >= 11 is 0. The summed E-state index contributed by atoms with van der Waals surface area (Å²) in [5, 5.41) is 0.709. The number of anilines is 1. The van der Waals surface area contributed by atoms with Gasteiger partial charge in [0, 0.05) is 19.3 Å².